The van der Waals surface area contributed by atoms with E-state index in [-0.39, 0.29) is 5.57 Å². The molecule has 8 heteroatoms. The Morgan fingerprint density at radius 1 is 1.00 bits per heavy atom. The molecule has 118 valence electrons. The molecule has 0 aliphatic heterocycles. The molecule has 2 N–H and O–H groups in total. The molecule has 0 aromatic rings. The summed E-state index contributed by atoms with van der Waals surface area (Å²) in [5, 5.41) is 16.5. The lowest BCUT2D eigenvalue weighted by Crippen LogP contribution is -2.23. The van der Waals surface area contributed by atoms with Gasteiger partial charge in [0.1, 0.15) is 0 Å². The average Bonchev–Trinajstić information content (AvgIpc) is 2.38. The number of hydrogen-bond acceptors (Lipinski definition) is 6. The summed E-state index contributed by atoms with van der Waals surface area (Å²) in [4.78, 5) is 41.2. The summed E-state index contributed by atoms with van der Waals surface area (Å²) in [7, 11) is 0. The monoisotopic (exact) mass is 302 g/mol. The fourth-order valence-electron chi connectivity index (χ4n) is 0.584. The largest absolute Gasteiger partial charge is 0.479 e. The Morgan fingerprint density at radius 3 is 1.67 bits per heavy atom. The number of aliphatic carboxylic acids is 2. The van der Waals surface area contributed by atoms with Crippen LogP contribution in [0.3, 0.4) is 0 Å². The van der Waals surface area contributed by atoms with E-state index in [4.69, 9.17) is 10.2 Å². The van der Waals surface area contributed by atoms with Gasteiger partial charge in [0.15, 0.2) is 12.2 Å². The van der Waals surface area contributed by atoms with E-state index in [2.05, 4.69) is 22.6 Å². The van der Waals surface area contributed by atoms with Crippen LogP contribution in [0.1, 0.15) is 20.8 Å². The maximum absolute atomic E-state index is 10.7. The van der Waals surface area contributed by atoms with Crippen molar-refractivity contribution in [3.05, 3.63) is 24.8 Å². The maximum Gasteiger partial charge on any atom is 0.344 e. The molecule has 0 aliphatic rings. The summed E-state index contributed by atoms with van der Waals surface area (Å²) in [5.74, 6) is -3.75. The summed E-state index contributed by atoms with van der Waals surface area (Å²) in [6.07, 6.45) is -1.30. The van der Waals surface area contributed by atoms with Gasteiger partial charge in [-0.15, -0.1) is 0 Å². The van der Waals surface area contributed by atoms with Gasteiger partial charge < -0.3 is 19.7 Å². The van der Waals surface area contributed by atoms with E-state index in [1.165, 1.54) is 20.8 Å². The van der Waals surface area contributed by atoms with Crippen LogP contribution in [0, 0.1) is 0 Å². The van der Waals surface area contributed by atoms with Crippen molar-refractivity contribution < 1.29 is 38.9 Å². The smallest absolute Gasteiger partial charge is 0.344 e. The topological polar surface area (TPSA) is 127 Å². The minimum absolute atomic E-state index is 0.193. The summed E-state index contributed by atoms with van der Waals surface area (Å²) in [6, 6.07) is 0. The Bertz CT molecular complexity index is 437. The molecule has 0 heterocycles. The normalized spacial score (nSPS) is 11.8. The zero-order chi connectivity index (χ0) is 17.2. The van der Waals surface area contributed by atoms with Crippen LogP contribution >= 0.6 is 0 Å². The molecule has 0 aromatic heterocycles. The Morgan fingerprint density at radius 2 is 1.38 bits per heavy atom. The second-order valence-electron chi connectivity index (χ2n) is 3.79. The fourth-order valence-corrected chi connectivity index (χ4v) is 0.584. The number of rotatable bonds is 6. The molecule has 2 unspecified atom stereocenters. The number of ether oxygens (including phenoxy) is 2. The Labute approximate surface area is 121 Å². The lowest BCUT2D eigenvalue weighted by atomic mass is 10.3. The van der Waals surface area contributed by atoms with Crippen molar-refractivity contribution in [3.63, 3.8) is 0 Å². The highest BCUT2D eigenvalue weighted by atomic mass is 16.6. The number of esters is 2. The highest BCUT2D eigenvalue weighted by Gasteiger charge is 2.16. The van der Waals surface area contributed by atoms with Crippen LogP contribution in [0.15, 0.2) is 24.8 Å². The van der Waals surface area contributed by atoms with Crippen molar-refractivity contribution in [2.24, 2.45) is 0 Å². The molecule has 0 spiro atoms. The summed E-state index contributed by atoms with van der Waals surface area (Å²) in [6.45, 7) is 10.4. The average molecular weight is 302 g/mol. The number of carbonyl (C=O) groups excluding carboxylic acids is 2. The molecule has 0 radical (unpaired) electrons. The minimum Gasteiger partial charge on any atom is -0.479 e. The quantitative estimate of drug-likeness (QED) is 0.544. The lowest BCUT2D eigenvalue weighted by Gasteiger charge is -2.07. The van der Waals surface area contributed by atoms with Crippen LogP contribution in [0.2, 0.25) is 0 Å². The summed E-state index contributed by atoms with van der Waals surface area (Å²) >= 11 is 0. The van der Waals surface area contributed by atoms with Gasteiger partial charge in [0.25, 0.3) is 0 Å². The van der Waals surface area contributed by atoms with Gasteiger partial charge in [0.2, 0.25) is 0 Å². The molecule has 8 nitrogen and oxygen atoms in total. The SMILES string of the molecule is C=C(C)C(=O)OC(C)C(=O)O.C=CC(=O)OC(C)C(=O)O. The van der Waals surface area contributed by atoms with E-state index in [1.807, 2.05) is 0 Å². The number of carboxylic acid groups (broad SMARTS) is 2. The van der Waals surface area contributed by atoms with Crippen molar-refractivity contribution >= 4 is 23.9 Å². The van der Waals surface area contributed by atoms with Crippen LogP contribution in [0.4, 0.5) is 0 Å². The first-order valence-electron chi connectivity index (χ1n) is 5.68. The first-order chi connectivity index (χ1) is 9.52. The Hall–Kier alpha value is -2.64. The van der Waals surface area contributed by atoms with Crippen LogP contribution < -0.4 is 0 Å². The van der Waals surface area contributed by atoms with Crippen LogP contribution in [0.5, 0.6) is 0 Å². The highest BCUT2D eigenvalue weighted by Crippen LogP contribution is 1.97. The van der Waals surface area contributed by atoms with E-state index in [9.17, 15) is 19.2 Å². The zero-order valence-electron chi connectivity index (χ0n) is 12.0. The molecule has 0 aromatic carbocycles. The Balaban J connectivity index is 0. The Kier molecular flexibility index (Phi) is 10.0. The molecule has 0 saturated carbocycles. The maximum atomic E-state index is 10.7. The third kappa shape index (κ3) is 10.9. The standard InChI is InChI=1S/C7H10O4.C6H8O4/c1-4(2)7(10)11-5(3)6(8)9;1-3-5(7)10-4(2)6(8)9/h5H,1H2,2-3H3,(H,8,9);3-4H,1H2,2H3,(H,8,9). The minimum atomic E-state index is -1.17. The molecule has 0 rings (SSSR count). The second-order valence-corrected chi connectivity index (χ2v) is 3.79. The molecule has 0 fully saturated rings. The number of carbonyl (C=O) groups is 4. The molecule has 0 bridgehead atoms. The predicted octanol–water partition coefficient (Wildman–Crippen LogP) is 0.767. The second kappa shape index (κ2) is 10.2. The summed E-state index contributed by atoms with van der Waals surface area (Å²) < 4.78 is 8.74. The van der Waals surface area contributed by atoms with Gasteiger partial charge in [-0.25, -0.2) is 19.2 Å². The molecular formula is C13H18O8. The molecular weight excluding hydrogens is 284 g/mol. The third-order valence-corrected chi connectivity index (χ3v) is 1.79. The lowest BCUT2D eigenvalue weighted by molar-refractivity contribution is -0.159. The van der Waals surface area contributed by atoms with Crippen LogP contribution in [-0.4, -0.2) is 46.3 Å². The molecule has 0 aliphatic carbocycles. The number of hydrogen-bond donors (Lipinski definition) is 2. The van der Waals surface area contributed by atoms with E-state index in [0.29, 0.717) is 0 Å². The van der Waals surface area contributed by atoms with Crippen LogP contribution in [0.25, 0.3) is 0 Å². The van der Waals surface area contributed by atoms with Gasteiger partial charge in [-0.05, 0) is 20.8 Å². The first kappa shape index (κ1) is 20.7. The molecule has 2 atom stereocenters. The summed E-state index contributed by atoms with van der Waals surface area (Å²) in [5.41, 5.74) is 0.193. The van der Waals surface area contributed by atoms with E-state index in [0.717, 1.165) is 6.08 Å². The van der Waals surface area contributed by atoms with Gasteiger partial charge in [0.05, 0.1) is 0 Å². The van der Waals surface area contributed by atoms with Gasteiger partial charge in [-0.1, -0.05) is 13.2 Å². The molecule has 21 heavy (non-hydrogen) atoms. The van der Waals surface area contributed by atoms with Crippen molar-refractivity contribution in [1.29, 1.82) is 0 Å². The predicted molar refractivity (Wildman–Crippen MR) is 71.4 cm³/mol. The van der Waals surface area contributed by atoms with Crippen LogP contribution in [-0.2, 0) is 28.7 Å². The van der Waals surface area contributed by atoms with Crippen molar-refractivity contribution in [3.8, 4) is 0 Å². The zero-order valence-corrected chi connectivity index (χ0v) is 12.0. The fraction of sp³-hybridized carbons (Fsp3) is 0.385. The molecule has 0 saturated heterocycles. The number of carboxylic acids is 2. The van der Waals surface area contributed by atoms with Gasteiger partial charge in [-0.2, -0.15) is 0 Å². The van der Waals surface area contributed by atoms with Crippen molar-refractivity contribution in [1.82, 2.24) is 0 Å². The first-order valence-corrected chi connectivity index (χ1v) is 5.68. The van der Waals surface area contributed by atoms with Gasteiger partial charge in [0, 0.05) is 11.6 Å². The van der Waals surface area contributed by atoms with E-state index < -0.39 is 36.1 Å². The molecule has 0 amide bonds. The van der Waals surface area contributed by atoms with Gasteiger partial charge >= 0.3 is 23.9 Å². The highest BCUT2D eigenvalue weighted by molar-refractivity contribution is 5.89. The van der Waals surface area contributed by atoms with Crippen molar-refractivity contribution in [2.45, 2.75) is 33.0 Å². The van der Waals surface area contributed by atoms with E-state index in [1.54, 1.807) is 0 Å². The third-order valence-electron chi connectivity index (χ3n) is 1.79. The van der Waals surface area contributed by atoms with E-state index >= 15 is 0 Å². The van der Waals surface area contributed by atoms with Gasteiger partial charge in [-0.3, -0.25) is 0 Å². The van der Waals surface area contributed by atoms with Crippen molar-refractivity contribution in [2.75, 3.05) is 0 Å².